The van der Waals surface area contributed by atoms with Gasteiger partial charge in [-0.25, -0.2) is 19.2 Å². The quantitative estimate of drug-likeness (QED) is 0.738. The van der Waals surface area contributed by atoms with E-state index in [1.165, 1.54) is 25.4 Å². The first-order valence-corrected chi connectivity index (χ1v) is 6.36. The lowest BCUT2D eigenvalue weighted by atomic mass is 10.2. The Morgan fingerprint density at radius 3 is 2.95 bits per heavy atom. The predicted molar refractivity (Wildman–Crippen MR) is 75.6 cm³/mol. The molecule has 3 rings (SSSR count). The number of hydrogen-bond acceptors (Lipinski definition) is 4. The summed E-state index contributed by atoms with van der Waals surface area (Å²) < 4.78 is 18.0. The Hall–Kier alpha value is -2.47. The van der Waals surface area contributed by atoms with Crippen LogP contribution in [0.4, 0.5) is 4.39 Å². The van der Waals surface area contributed by atoms with Crippen molar-refractivity contribution < 1.29 is 13.9 Å². The van der Waals surface area contributed by atoms with Crippen LogP contribution in [0.3, 0.4) is 0 Å². The van der Waals surface area contributed by atoms with Gasteiger partial charge in [0, 0.05) is 17.8 Å². The van der Waals surface area contributed by atoms with E-state index < -0.39 is 11.8 Å². The van der Waals surface area contributed by atoms with Crippen molar-refractivity contribution in [2.45, 2.75) is 0 Å². The van der Waals surface area contributed by atoms with Gasteiger partial charge < -0.3 is 9.72 Å². The smallest absolute Gasteiger partial charge is 0.356 e. The minimum Gasteiger partial charge on any atom is -0.464 e. The third-order valence-electron chi connectivity index (χ3n) is 2.95. The number of hydrogen-bond donors (Lipinski definition) is 1. The lowest BCUT2D eigenvalue weighted by molar-refractivity contribution is 0.0594. The maximum Gasteiger partial charge on any atom is 0.356 e. The van der Waals surface area contributed by atoms with Crippen LogP contribution in [0.15, 0.2) is 30.5 Å². The average molecular weight is 306 g/mol. The van der Waals surface area contributed by atoms with Crippen LogP contribution < -0.4 is 0 Å². The summed E-state index contributed by atoms with van der Waals surface area (Å²) in [7, 11) is 1.28. The van der Waals surface area contributed by atoms with E-state index in [4.69, 9.17) is 11.6 Å². The lowest BCUT2D eigenvalue weighted by Gasteiger charge is -2.00. The van der Waals surface area contributed by atoms with Crippen molar-refractivity contribution in [1.82, 2.24) is 15.0 Å². The summed E-state index contributed by atoms with van der Waals surface area (Å²) in [6.45, 7) is 0. The van der Waals surface area contributed by atoms with E-state index in [1.807, 2.05) is 0 Å². The first-order valence-electron chi connectivity index (χ1n) is 5.98. The molecule has 3 aromatic rings. The van der Waals surface area contributed by atoms with Gasteiger partial charge in [0.2, 0.25) is 0 Å². The van der Waals surface area contributed by atoms with Gasteiger partial charge in [-0.1, -0.05) is 11.6 Å². The van der Waals surface area contributed by atoms with E-state index in [9.17, 15) is 9.18 Å². The summed E-state index contributed by atoms with van der Waals surface area (Å²) in [4.78, 5) is 22.7. The number of benzene rings is 1. The number of H-pyrrole nitrogens is 1. The van der Waals surface area contributed by atoms with Gasteiger partial charge >= 0.3 is 5.97 Å². The molecule has 7 heteroatoms. The molecule has 0 unspecified atom stereocenters. The van der Waals surface area contributed by atoms with E-state index in [1.54, 1.807) is 12.1 Å². The highest BCUT2D eigenvalue weighted by Gasteiger charge is 2.12. The molecule has 0 amide bonds. The standard InChI is InChI=1S/C14H9ClFN3O2/c1-21-14(20)12-4-7(2-3-17-12)13-18-10-5-8(15)9(16)6-11(10)19-13/h2-6H,1H3,(H,18,19). The summed E-state index contributed by atoms with van der Waals surface area (Å²) >= 11 is 5.73. The van der Waals surface area contributed by atoms with Gasteiger partial charge in [0.1, 0.15) is 17.3 Å². The molecule has 0 fully saturated rings. The van der Waals surface area contributed by atoms with Crippen LogP contribution in [0.2, 0.25) is 5.02 Å². The number of imidazole rings is 1. The molecule has 21 heavy (non-hydrogen) atoms. The topological polar surface area (TPSA) is 67.9 Å². The Labute approximate surface area is 123 Å². The summed E-state index contributed by atoms with van der Waals surface area (Å²) in [6.07, 6.45) is 1.47. The number of pyridine rings is 1. The second-order valence-electron chi connectivity index (χ2n) is 4.29. The fourth-order valence-electron chi connectivity index (χ4n) is 1.94. The largest absolute Gasteiger partial charge is 0.464 e. The van der Waals surface area contributed by atoms with Crippen molar-refractivity contribution in [1.29, 1.82) is 0 Å². The summed E-state index contributed by atoms with van der Waals surface area (Å²) in [5.74, 6) is -0.578. The van der Waals surface area contributed by atoms with Crippen LogP contribution in [0, 0.1) is 5.82 Å². The number of aromatic amines is 1. The molecule has 2 heterocycles. The molecule has 0 aliphatic rings. The van der Waals surface area contributed by atoms with E-state index in [-0.39, 0.29) is 10.7 Å². The molecule has 2 aromatic heterocycles. The number of halogens is 2. The monoisotopic (exact) mass is 305 g/mol. The van der Waals surface area contributed by atoms with Crippen molar-refractivity contribution >= 4 is 28.6 Å². The normalized spacial score (nSPS) is 10.8. The molecule has 0 saturated heterocycles. The number of aromatic nitrogens is 3. The second-order valence-corrected chi connectivity index (χ2v) is 4.70. The number of fused-ring (bicyclic) bond motifs is 1. The number of ether oxygens (including phenoxy) is 1. The van der Waals surface area contributed by atoms with Gasteiger partial charge in [-0.05, 0) is 18.2 Å². The van der Waals surface area contributed by atoms with Crippen LogP contribution in [0.5, 0.6) is 0 Å². The maximum atomic E-state index is 13.4. The zero-order chi connectivity index (χ0) is 15.0. The van der Waals surface area contributed by atoms with Crippen LogP contribution in [-0.4, -0.2) is 28.0 Å². The Morgan fingerprint density at radius 2 is 2.19 bits per heavy atom. The molecular weight excluding hydrogens is 297 g/mol. The van der Waals surface area contributed by atoms with Crippen LogP contribution >= 0.6 is 11.6 Å². The van der Waals surface area contributed by atoms with Crippen molar-refractivity contribution in [2.24, 2.45) is 0 Å². The highest BCUT2D eigenvalue weighted by molar-refractivity contribution is 6.31. The molecule has 0 spiro atoms. The Bertz CT molecular complexity index is 808. The fourth-order valence-corrected chi connectivity index (χ4v) is 2.09. The fraction of sp³-hybridized carbons (Fsp3) is 0.0714. The highest BCUT2D eigenvalue weighted by atomic mass is 35.5. The molecule has 5 nitrogen and oxygen atoms in total. The molecule has 0 radical (unpaired) electrons. The zero-order valence-corrected chi connectivity index (χ0v) is 11.6. The summed E-state index contributed by atoms with van der Waals surface area (Å²) in [5, 5.41) is 0.00512. The van der Waals surface area contributed by atoms with Gasteiger partial charge in [-0.3, -0.25) is 0 Å². The predicted octanol–water partition coefficient (Wildman–Crippen LogP) is 3.20. The third-order valence-corrected chi connectivity index (χ3v) is 3.24. The van der Waals surface area contributed by atoms with Gasteiger partial charge in [-0.15, -0.1) is 0 Å². The molecular formula is C14H9ClFN3O2. The van der Waals surface area contributed by atoms with Gasteiger partial charge in [0.25, 0.3) is 0 Å². The number of carbonyl (C=O) groups is 1. The number of methoxy groups -OCH3 is 1. The molecule has 1 N–H and O–H groups in total. The van der Waals surface area contributed by atoms with Crippen molar-refractivity contribution in [2.75, 3.05) is 7.11 Å². The van der Waals surface area contributed by atoms with Crippen molar-refractivity contribution in [3.8, 4) is 11.4 Å². The average Bonchev–Trinajstić information content (AvgIpc) is 2.90. The molecule has 1 aromatic carbocycles. The number of nitrogens with zero attached hydrogens (tertiary/aromatic N) is 2. The minimum atomic E-state index is -0.540. The first-order chi connectivity index (χ1) is 10.1. The lowest BCUT2D eigenvalue weighted by Crippen LogP contribution is -2.03. The molecule has 0 atom stereocenters. The van der Waals surface area contributed by atoms with E-state index in [2.05, 4.69) is 19.7 Å². The number of nitrogens with one attached hydrogen (secondary N) is 1. The Kier molecular flexibility index (Phi) is 3.31. The second kappa shape index (κ2) is 5.14. The molecule has 0 aliphatic carbocycles. The Balaban J connectivity index is 2.10. The molecule has 0 saturated carbocycles. The highest BCUT2D eigenvalue weighted by Crippen LogP contribution is 2.25. The van der Waals surface area contributed by atoms with Gasteiger partial charge in [-0.2, -0.15) is 0 Å². The molecule has 0 bridgehead atoms. The number of carbonyl (C=O) groups excluding carboxylic acids is 1. The van der Waals surface area contributed by atoms with Crippen LogP contribution in [0.1, 0.15) is 10.5 Å². The number of rotatable bonds is 2. The molecule has 0 aliphatic heterocycles. The Morgan fingerprint density at radius 1 is 1.38 bits per heavy atom. The van der Waals surface area contributed by atoms with Crippen molar-refractivity contribution in [3.05, 3.63) is 47.0 Å². The van der Waals surface area contributed by atoms with Crippen LogP contribution in [-0.2, 0) is 4.74 Å². The van der Waals surface area contributed by atoms with E-state index in [0.29, 0.717) is 22.4 Å². The SMILES string of the molecule is COC(=O)c1cc(-c2nc3cc(Cl)c(F)cc3[nH]2)ccn1. The van der Waals surface area contributed by atoms with Crippen molar-refractivity contribution in [3.63, 3.8) is 0 Å². The van der Waals surface area contributed by atoms with Gasteiger partial charge in [0.15, 0.2) is 0 Å². The minimum absolute atomic E-state index is 0.00512. The summed E-state index contributed by atoms with van der Waals surface area (Å²) in [6, 6.07) is 5.94. The molecule has 106 valence electrons. The zero-order valence-electron chi connectivity index (χ0n) is 10.9. The number of esters is 1. The maximum absolute atomic E-state index is 13.4. The van der Waals surface area contributed by atoms with E-state index >= 15 is 0 Å². The summed E-state index contributed by atoms with van der Waals surface area (Å²) in [5.41, 5.74) is 1.86. The van der Waals surface area contributed by atoms with E-state index in [0.717, 1.165) is 0 Å². The third kappa shape index (κ3) is 2.45. The van der Waals surface area contributed by atoms with Crippen LogP contribution in [0.25, 0.3) is 22.4 Å². The van der Waals surface area contributed by atoms with Gasteiger partial charge in [0.05, 0.1) is 23.2 Å². The first kappa shape index (κ1) is 13.5.